The van der Waals surface area contributed by atoms with Gasteiger partial charge < -0.3 is 14.2 Å². The van der Waals surface area contributed by atoms with Crippen LogP contribution in [0.25, 0.3) is 0 Å². The third-order valence-corrected chi connectivity index (χ3v) is 7.01. The first-order chi connectivity index (χ1) is 17.5. The Morgan fingerprint density at radius 3 is 1.42 bits per heavy atom. The Labute approximate surface area is 225 Å². The summed E-state index contributed by atoms with van der Waals surface area (Å²) in [6.45, 7) is 0. The molecule has 0 heterocycles. The van der Waals surface area contributed by atoms with Crippen LogP contribution in [0.1, 0.15) is 31.1 Å². The van der Waals surface area contributed by atoms with Crippen LogP contribution in [0.4, 0.5) is 0 Å². The summed E-state index contributed by atoms with van der Waals surface area (Å²) in [7, 11) is 0. The molecule has 8 heteroatoms. The molecule has 0 unspecified atom stereocenters. The molecule has 36 heavy (non-hydrogen) atoms. The van der Waals surface area contributed by atoms with Crippen LogP contribution >= 0.6 is 31.9 Å². The van der Waals surface area contributed by atoms with Crippen LogP contribution in [-0.4, -0.2) is 46.4 Å². The van der Waals surface area contributed by atoms with Crippen LogP contribution in [0.3, 0.4) is 0 Å². The van der Waals surface area contributed by atoms with Gasteiger partial charge in [-0.2, -0.15) is 0 Å². The minimum atomic E-state index is -1.11. The topological polar surface area (TPSA) is 78.9 Å². The molecule has 0 amide bonds. The van der Waals surface area contributed by atoms with Crippen LogP contribution in [0, 0.1) is 0 Å². The maximum atomic E-state index is 13.1. The van der Waals surface area contributed by atoms with E-state index in [1.54, 1.807) is 97.1 Å². The molecule has 0 saturated carbocycles. The second kappa shape index (κ2) is 12.1. The Balaban J connectivity index is 1.68. The third-order valence-electron chi connectivity index (χ3n) is 5.58. The number of halogens is 2. The van der Waals surface area contributed by atoms with Gasteiger partial charge in [0.25, 0.3) is 0 Å². The molecule has 1 aliphatic carbocycles. The predicted molar refractivity (Wildman–Crippen MR) is 142 cm³/mol. The summed E-state index contributed by atoms with van der Waals surface area (Å²) in [5, 5.41) is 0.348. The van der Waals surface area contributed by atoms with E-state index < -0.39 is 41.0 Å². The maximum absolute atomic E-state index is 13.1. The van der Waals surface area contributed by atoms with Crippen molar-refractivity contribution in [1.82, 2.24) is 0 Å². The zero-order chi connectivity index (χ0) is 25.5. The third kappa shape index (κ3) is 6.12. The number of hydrogen-bond donors (Lipinski definition) is 0. The van der Waals surface area contributed by atoms with E-state index in [4.69, 9.17) is 14.2 Å². The van der Waals surface area contributed by atoms with E-state index in [-0.39, 0.29) is 0 Å². The highest BCUT2D eigenvalue weighted by molar-refractivity contribution is 9.09. The minimum absolute atomic E-state index is 0.319. The Morgan fingerprint density at radius 2 is 1.00 bits per heavy atom. The second-order valence-corrected chi connectivity index (χ2v) is 9.60. The van der Waals surface area contributed by atoms with E-state index in [0.717, 1.165) is 0 Å². The quantitative estimate of drug-likeness (QED) is 0.146. The Kier molecular flexibility index (Phi) is 8.72. The average Bonchev–Trinajstić information content (AvgIpc) is 2.93. The lowest BCUT2D eigenvalue weighted by molar-refractivity contribution is -0.0796. The molecule has 3 aromatic carbocycles. The van der Waals surface area contributed by atoms with E-state index in [9.17, 15) is 14.4 Å². The molecule has 0 radical (unpaired) electrons. The summed E-state index contributed by atoms with van der Waals surface area (Å²) >= 11 is 7.00. The number of carbonyl (C=O) groups is 3. The molecular formula is C28H22Br2O6. The van der Waals surface area contributed by atoms with E-state index in [0.29, 0.717) is 27.6 Å². The lowest BCUT2D eigenvalue weighted by Crippen LogP contribution is -2.53. The van der Waals surface area contributed by atoms with Gasteiger partial charge in [-0.3, -0.25) is 0 Å². The standard InChI is InChI=1S/C28H22Br2O6/c29-17-21-16-22(30)24(35-27(32)19-12-6-2-7-13-19)25(36-28(33)20-14-8-3-9-15-20)23(21)34-26(31)18-10-4-1-5-11-18/h1-16,22-25H,17H2/t22-,23+,24-,25-/m0/s1. The number of hydrogen-bond acceptors (Lipinski definition) is 6. The zero-order valence-corrected chi connectivity index (χ0v) is 22.1. The van der Waals surface area contributed by atoms with E-state index in [1.807, 2.05) is 0 Å². The van der Waals surface area contributed by atoms with Gasteiger partial charge in [0.2, 0.25) is 0 Å². The van der Waals surface area contributed by atoms with E-state index >= 15 is 0 Å². The van der Waals surface area contributed by atoms with E-state index in [2.05, 4.69) is 31.9 Å². The molecule has 0 spiro atoms. The molecule has 3 aromatic rings. The molecule has 4 rings (SSSR count). The van der Waals surface area contributed by atoms with Gasteiger partial charge in [-0.15, -0.1) is 0 Å². The fraction of sp³-hybridized carbons (Fsp3) is 0.179. The molecule has 6 nitrogen and oxygen atoms in total. The van der Waals surface area contributed by atoms with Gasteiger partial charge in [0.15, 0.2) is 18.3 Å². The van der Waals surface area contributed by atoms with Gasteiger partial charge in [0.1, 0.15) is 0 Å². The van der Waals surface area contributed by atoms with Gasteiger partial charge in [-0.1, -0.05) is 92.5 Å². The van der Waals surface area contributed by atoms with Crippen molar-refractivity contribution in [1.29, 1.82) is 0 Å². The van der Waals surface area contributed by atoms with Gasteiger partial charge in [0, 0.05) is 5.33 Å². The number of ether oxygens (including phenoxy) is 3. The van der Waals surface area contributed by atoms with Gasteiger partial charge in [-0.05, 0) is 42.0 Å². The van der Waals surface area contributed by atoms with Crippen molar-refractivity contribution in [3.63, 3.8) is 0 Å². The normalized spacial score (nSPS) is 21.1. The molecule has 0 saturated heterocycles. The summed E-state index contributed by atoms with van der Waals surface area (Å²) in [4.78, 5) is 38.5. The summed E-state index contributed by atoms with van der Waals surface area (Å²) in [5.74, 6) is -1.80. The van der Waals surface area contributed by atoms with Crippen LogP contribution in [0.2, 0.25) is 0 Å². The molecule has 0 bridgehead atoms. The molecule has 0 N–H and O–H groups in total. The number of rotatable bonds is 7. The molecular weight excluding hydrogens is 592 g/mol. The summed E-state index contributed by atoms with van der Waals surface area (Å²) in [6.07, 6.45) is -1.28. The second-order valence-electron chi connectivity index (χ2n) is 7.98. The highest BCUT2D eigenvalue weighted by Gasteiger charge is 2.46. The van der Waals surface area contributed by atoms with Gasteiger partial charge in [0.05, 0.1) is 21.5 Å². The lowest BCUT2D eigenvalue weighted by Gasteiger charge is -2.38. The van der Waals surface area contributed by atoms with Crippen molar-refractivity contribution < 1.29 is 28.6 Å². The number of esters is 3. The fourth-order valence-corrected chi connectivity index (χ4v) is 5.03. The number of carbonyl (C=O) groups excluding carboxylic acids is 3. The smallest absolute Gasteiger partial charge is 0.338 e. The van der Waals surface area contributed by atoms with Crippen molar-refractivity contribution in [3.05, 3.63) is 119 Å². The van der Waals surface area contributed by atoms with Crippen molar-refractivity contribution in [2.75, 3.05) is 5.33 Å². The predicted octanol–water partition coefficient (Wildman–Crippen LogP) is 5.76. The number of alkyl halides is 2. The highest BCUT2D eigenvalue weighted by Crippen LogP contribution is 2.33. The monoisotopic (exact) mass is 612 g/mol. The highest BCUT2D eigenvalue weighted by atomic mass is 79.9. The van der Waals surface area contributed by atoms with Gasteiger partial charge in [-0.25, -0.2) is 14.4 Å². The first-order valence-corrected chi connectivity index (χ1v) is 13.2. The Hall–Kier alpha value is -3.23. The molecule has 0 aromatic heterocycles. The van der Waals surface area contributed by atoms with Crippen LogP contribution in [-0.2, 0) is 14.2 Å². The van der Waals surface area contributed by atoms with Crippen molar-refractivity contribution in [2.45, 2.75) is 23.1 Å². The molecule has 184 valence electrons. The molecule has 0 aliphatic heterocycles. The Morgan fingerprint density at radius 1 is 0.611 bits per heavy atom. The van der Waals surface area contributed by atoms with Crippen LogP contribution < -0.4 is 0 Å². The van der Waals surface area contributed by atoms with Crippen molar-refractivity contribution in [3.8, 4) is 0 Å². The number of benzene rings is 3. The first-order valence-electron chi connectivity index (χ1n) is 11.2. The molecule has 1 aliphatic rings. The van der Waals surface area contributed by atoms with Crippen molar-refractivity contribution in [2.24, 2.45) is 0 Å². The Bertz CT molecular complexity index is 1230. The van der Waals surface area contributed by atoms with E-state index in [1.165, 1.54) is 0 Å². The summed E-state index contributed by atoms with van der Waals surface area (Å²) < 4.78 is 17.6. The van der Waals surface area contributed by atoms with Crippen LogP contribution in [0.5, 0.6) is 0 Å². The lowest BCUT2D eigenvalue weighted by atomic mass is 9.91. The first kappa shape index (κ1) is 25.9. The molecule has 4 atom stereocenters. The average molecular weight is 614 g/mol. The zero-order valence-electron chi connectivity index (χ0n) is 19.0. The van der Waals surface area contributed by atoms with Crippen LogP contribution in [0.15, 0.2) is 103 Å². The fourth-order valence-electron chi connectivity index (χ4n) is 3.77. The summed E-state index contributed by atoms with van der Waals surface area (Å²) in [5.41, 5.74) is 1.68. The van der Waals surface area contributed by atoms with Crippen molar-refractivity contribution >= 4 is 49.8 Å². The summed E-state index contributed by atoms with van der Waals surface area (Å²) in [6, 6.07) is 25.5. The largest absolute Gasteiger partial charge is 0.453 e. The molecule has 0 fully saturated rings. The maximum Gasteiger partial charge on any atom is 0.338 e. The minimum Gasteiger partial charge on any atom is -0.453 e. The SMILES string of the molecule is O=C(O[C@@H]1[C@@H](OC(=O)c2ccccc2)[C@@H](Br)C=C(CBr)[C@H]1OC(=O)c1ccccc1)c1ccccc1. The van der Waals surface area contributed by atoms with Gasteiger partial charge >= 0.3 is 17.9 Å².